The summed E-state index contributed by atoms with van der Waals surface area (Å²) in [5.74, 6) is 0.790. The van der Waals surface area contributed by atoms with Gasteiger partial charge in [0.15, 0.2) is 17.2 Å². The van der Waals surface area contributed by atoms with Crippen molar-refractivity contribution < 1.29 is 13.5 Å². The zero-order valence-electron chi connectivity index (χ0n) is 16.0. The number of hydrogen-bond acceptors (Lipinski definition) is 4. The summed E-state index contributed by atoms with van der Waals surface area (Å²) in [6.07, 6.45) is 6.12. The van der Waals surface area contributed by atoms with Crippen LogP contribution in [0.3, 0.4) is 0 Å². The lowest BCUT2D eigenvalue weighted by Gasteiger charge is -2.12. The van der Waals surface area contributed by atoms with Gasteiger partial charge in [-0.2, -0.15) is 0 Å². The molecule has 0 bridgehead atoms. The summed E-state index contributed by atoms with van der Waals surface area (Å²) in [5, 5.41) is 12.4. The zero-order valence-corrected chi connectivity index (χ0v) is 16.7. The second-order valence-electron chi connectivity index (χ2n) is 7.96. The van der Waals surface area contributed by atoms with Crippen molar-refractivity contribution in [2.45, 2.75) is 31.6 Å². The van der Waals surface area contributed by atoms with Crippen molar-refractivity contribution in [3.05, 3.63) is 52.4 Å². The van der Waals surface area contributed by atoms with Crippen molar-refractivity contribution in [1.82, 2.24) is 14.6 Å². The molecule has 152 valence electrons. The number of benzene rings is 1. The highest BCUT2D eigenvalue weighted by Gasteiger charge is 2.42. The average molecular weight is 419 g/mol. The fourth-order valence-electron chi connectivity index (χ4n) is 4.00. The molecular formula is C21H21ClF2N4O. The van der Waals surface area contributed by atoms with Crippen LogP contribution in [0.15, 0.2) is 24.4 Å². The number of pyridine rings is 1. The van der Waals surface area contributed by atoms with Crippen molar-refractivity contribution in [3.63, 3.8) is 0 Å². The summed E-state index contributed by atoms with van der Waals surface area (Å²) in [6.45, 7) is 0.600. The van der Waals surface area contributed by atoms with E-state index < -0.39 is 11.6 Å². The Labute approximate surface area is 172 Å². The Hall–Kier alpha value is -2.41. The largest absolute Gasteiger partial charge is 0.493 e. The normalized spacial score (nSPS) is 20.8. The van der Waals surface area contributed by atoms with E-state index in [4.69, 9.17) is 16.3 Å². The predicted molar refractivity (Wildman–Crippen MR) is 107 cm³/mol. The molecule has 3 aromatic rings. The Bertz CT molecular complexity index is 1080. The summed E-state index contributed by atoms with van der Waals surface area (Å²) >= 11 is 6.54. The molecule has 0 saturated heterocycles. The first-order valence-corrected chi connectivity index (χ1v) is 10.2. The average Bonchev–Trinajstić information content (AvgIpc) is 3.62. The summed E-state index contributed by atoms with van der Waals surface area (Å²) in [4.78, 5) is 0. The van der Waals surface area contributed by atoms with Crippen molar-refractivity contribution in [3.8, 4) is 5.75 Å². The molecule has 0 spiro atoms. The minimum absolute atomic E-state index is 0.00334. The summed E-state index contributed by atoms with van der Waals surface area (Å²) in [5.41, 5.74) is 1.72. The number of fused-ring (bicyclic) bond motifs is 1. The first kappa shape index (κ1) is 18.6. The molecule has 2 heterocycles. The van der Waals surface area contributed by atoms with Crippen LogP contribution in [0.1, 0.15) is 36.6 Å². The molecule has 5 nitrogen and oxygen atoms in total. The molecule has 2 atom stereocenters. The van der Waals surface area contributed by atoms with E-state index in [1.807, 2.05) is 16.7 Å². The highest BCUT2D eigenvalue weighted by atomic mass is 35.5. The highest BCUT2D eigenvalue weighted by molar-refractivity contribution is 6.36. The van der Waals surface area contributed by atoms with E-state index >= 15 is 0 Å². The van der Waals surface area contributed by atoms with E-state index in [1.165, 1.54) is 20.0 Å². The number of nitrogens with zero attached hydrogens (tertiary/aromatic N) is 3. The predicted octanol–water partition coefficient (Wildman–Crippen LogP) is 4.84. The first-order chi connectivity index (χ1) is 14.1. The number of ether oxygens (including phenoxy) is 1. The molecule has 29 heavy (non-hydrogen) atoms. The van der Waals surface area contributed by atoms with Crippen LogP contribution in [0.2, 0.25) is 5.02 Å². The van der Waals surface area contributed by atoms with Gasteiger partial charge in [0.05, 0.1) is 12.8 Å². The molecule has 1 N–H and O–H groups in total. The lowest BCUT2D eigenvalue weighted by atomic mass is 10.1. The van der Waals surface area contributed by atoms with Crippen molar-refractivity contribution in [2.24, 2.45) is 11.8 Å². The zero-order chi connectivity index (χ0) is 20.1. The third kappa shape index (κ3) is 3.41. The van der Waals surface area contributed by atoms with Crippen LogP contribution in [0, 0.1) is 23.5 Å². The molecule has 0 unspecified atom stereocenters. The van der Waals surface area contributed by atoms with E-state index in [1.54, 1.807) is 0 Å². The lowest BCUT2D eigenvalue weighted by molar-refractivity contribution is 0.375. The molecule has 2 aliphatic carbocycles. The standard InChI is InChI=1S/C21H21ClF2N4O/c1-29-20-15(24)5-4-14(23)18(20)13-9-12(13)10-25-16-6-7-28-17(8-11-2-3-11)26-27-21(28)19(16)22/h4-7,11-13,25H,2-3,8-10H2,1H3/t12-,13+/m1/s1. The number of rotatable bonds is 7. The number of aromatic nitrogens is 3. The summed E-state index contributed by atoms with van der Waals surface area (Å²) in [7, 11) is 1.36. The summed E-state index contributed by atoms with van der Waals surface area (Å²) in [6, 6.07) is 4.17. The number of anilines is 1. The van der Waals surface area contributed by atoms with E-state index in [9.17, 15) is 8.78 Å². The van der Waals surface area contributed by atoms with Crippen molar-refractivity contribution in [1.29, 1.82) is 0 Å². The fraction of sp³-hybridized carbons (Fsp3) is 0.429. The van der Waals surface area contributed by atoms with Gasteiger partial charge in [0, 0.05) is 24.7 Å². The Kier molecular flexibility index (Phi) is 4.57. The van der Waals surface area contributed by atoms with Crippen molar-refractivity contribution in [2.75, 3.05) is 19.0 Å². The van der Waals surface area contributed by atoms with Crippen LogP contribution in [0.25, 0.3) is 5.65 Å². The number of methoxy groups -OCH3 is 1. The molecule has 0 radical (unpaired) electrons. The number of hydrogen-bond donors (Lipinski definition) is 1. The van der Waals surface area contributed by atoms with Gasteiger partial charge in [-0.3, -0.25) is 4.40 Å². The molecule has 0 amide bonds. The molecule has 2 aromatic heterocycles. The maximum absolute atomic E-state index is 14.3. The van der Waals surface area contributed by atoms with E-state index in [2.05, 4.69) is 15.5 Å². The Morgan fingerprint density at radius 1 is 1.21 bits per heavy atom. The lowest BCUT2D eigenvalue weighted by Crippen LogP contribution is -2.07. The molecule has 5 rings (SSSR count). The Morgan fingerprint density at radius 3 is 2.76 bits per heavy atom. The molecule has 2 fully saturated rings. The smallest absolute Gasteiger partial charge is 0.181 e. The molecule has 0 aliphatic heterocycles. The van der Waals surface area contributed by atoms with E-state index in [0.717, 1.165) is 36.5 Å². The number of halogens is 3. The third-order valence-corrected chi connectivity index (χ3v) is 6.28. The SMILES string of the molecule is COc1c(F)ccc(F)c1[C@H]1C[C@@H]1CNc1ccn2c(CC3CC3)nnc2c1Cl. The Balaban J connectivity index is 1.30. The van der Waals surface area contributed by atoms with Crippen LogP contribution in [0.4, 0.5) is 14.5 Å². The topological polar surface area (TPSA) is 51.5 Å². The van der Waals surface area contributed by atoms with Gasteiger partial charge < -0.3 is 10.1 Å². The van der Waals surface area contributed by atoms with Gasteiger partial charge in [0.2, 0.25) is 0 Å². The minimum atomic E-state index is -0.537. The fourth-order valence-corrected chi connectivity index (χ4v) is 4.26. The minimum Gasteiger partial charge on any atom is -0.493 e. The molecular weight excluding hydrogens is 398 g/mol. The third-order valence-electron chi connectivity index (χ3n) is 5.90. The second-order valence-corrected chi connectivity index (χ2v) is 8.34. The Morgan fingerprint density at radius 2 is 2.00 bits per heavy atom. The van der Waals surface area contributed by atoms with E-state index in [0.29, 0.717) is 28.7 Å². The van der Waals surface area contributed by atoms with Crippen LogP contribution in [-0.4, -0.2) is 28.3 Å². The summed E-state index contributed by atoms with van der Waals surface area (Å²) < 4.78 is 35.3. The molecule has 2 saturated carbocycles. The second kappa shape index (κ2) is 7.13. The van der Waals surface area contributed by atoms with Crippen LogP contribution < -0.4 is 10.1 Å². The molecule has 2 aliphatic rings. The molecule has 1 aromatic carbocycles. The quantitative estimate of drug-likeness (QED) is 0.596. The maximum Gasteiger partial charge on any atom is 0.181 e. The maximum atomic E-state index is 14.3. The van der Waals surface area contributed by atoms with Gasteiger partial charge in [-0.15, -0.1) is 10.2 Å². The first-order valence-electron chi connectivity index (χ1n) is 9.84. The molecule has 8 heteroatoms. The van der Waals surface area contributed by atoms with Crippen molar-refractivity contribution >= 4 is 22.9 Å². The van der Waals surface area contributed by atoms with Gasteiger partial charge in [0.25, 0.3) is 0 Å². The van der Waals surface area contributed by atoms with Gasteiger partial charge in [-0.1, -0.05) is 11.6 Å². The van der Waals surface area contributed by atoms with E-state index in [-0.39, 0.29) is 17.6 Å². The highest BCUT2D eigenvalue weighted by Crippen LogP contribution is 2.52. The van der Waals surface area contributed by atoms with Crippen LogP contribution in [0.5, 0.6) is 5.75 Å². The monoisotopic (exact) mass is 418 g/mol. The number of nitrogens with one attached hydrogen (secondary N) is 1. The van der Waals surface area contributed by atoms with Gasteiger partial charge in [-0.05, 0) is 55.2 Å². The van der Waals surface area contributed by atoms with Crippen LogP contribution in [-0.2, 0) is 6.42 Å². The van der Waals surface area contributed by atoms with Gasteiger partial charge >= 0.3 is 0 Å². The van der Waals surface area contributed by atoms with Gasteiger partial charge in [-0.25, -0.2) is 8.78 Å². The van der Waals surface area contributed by atoms with Gasteiger partial charge in [0.1, 0.15) is 16.7 Å². The van der Waals surface area contributed by atoms with Crippen LogP contribution >= 0.6 is 11.6 Å².